The Kier molecular flexibility index (Phi) is 3.61. The van der Waals surface area contributed by atoms with Crippen molar-refractivity contribution in [3.8, 4) is 0 Å². The van der Waals surface area contributed by atoms with Gasteiger partial charge in [-0.1, -0.05) is 54.6 Å². The molecule has 2 aromatic rings. The van der Waals surface area contributed by atoms with E-state index >= 15 is 0 Å². The summed E-state index contributed by atoms with van der Waals surface area (Å²) in [6, 6.07) is 18.6. The van der Waals surface area contributed by atoms with Crippen LogP contribution in [0.25, 0.3) is 5.57 Å². The highest BCUT2D eigenvalue weighted by Crippen LogP contribution is 2.14. The van der Waals surface area contributed by atoms with Crippen molar-refractivity contribution in [3.63, 3.8) is 0 Å². The number of benzene rings is 2. The van der Waals surface area contributed by atoms with Crippen LogP contribution in [0.1, 0.15) is 11.1 Å². The Balaban J connectivity index is 1.95. The van der Waals surface area contributed by atoms with Crippen LogP contribution in [-0.4, -0.2) is 6.54 Å². The summed E-state index contributed by atoms with van der Waals surface area (Å²) in [5.74, 6) is 0. The summed E-state index contributed by atoms with van der Waals surface area (Å²) < 4.78 is 0. The smallest absolute Gasteiger partial charge is 0.0400 e. The molecule has 0 fully saturated rings. The molecule has 86 valence electrons. The van der Waals surface area contributed by atoms with Crippen LogP contribution in [0.3, 0.4) is 0 Å². The van der Waals surface area contributed by atoms with E-state index in [0.29, 0.717) is 0 Å². The average molecular weight is 223 g/mol. The zero-order valence-electron chi connectivity index (χ0n) is 10.1. The van der Waals surface area contributed by atoms with Gasteiger partial charge in [0, 0.05) is 12.2 Å². The van der Waals surface area contributed by atoms with Gasteiger partial charge in [-0.2, -0.15) is 0 Å². The molecular formula is C16H17N. The molecule has 17 heavy (non-hydrogen) atoms. The lowest BCUT2D eigenvalue weighted by atomic mass is 10.1. The third-order valence-electron chi connectivity index (χ3n) is 2.74. The molecule has 0 bridgehead atoms. The van der Waals surface area contributed by atoms with Crippen molar-refractivity contribution in [2.45, 2.75) is 6.92 Å². The Bertz CT molecular complexity index is 483. The minimum absolute atomic E-state index is 0.771. The Morgan fingerprint density at radius 1 is 1.00 bits per heavy atom. The van der Waals surface area contributed by atoms with Gasteiger partial charge in [-0.15, -0.1) is 0 Å². The number of hydrogen-bond donors (Lipinski definition) is 1. The fourth-order valence-electron chi connectivity index (χ4n) is 1.66. The van der Waals surface area contributed by atoms with Gasteiger partial charge in [-0.05, 0) is 30.2 Å². The minimum atomic E-state index is 0.771. The van der Waals surface area contributed by atoms with E-state index in [1.165, 1.54) is 11.1 Å². The number of anilines is 1. The molecule has 0 atom stereocenters. The highest BCUT2D eigenvalue weighted by atomic mass is 14.9. The van der Waals surface area contributed by atoms with Gasteiger partial charge in [-0.3, -0.25) is 0 Å². The molecular weight excluding hydrogens is 206 g/mol. The van der Waals surface area contributed by atoms with Crippen molar-refractivity contribution in [2.24, 2.45) is 0 Å². The van der Waals surface area contributed by atoms with Crippen molar-refractivity contribution in [1.29, 1.82) is 0 Å². The van der Waals surface area contributed by atoms with Crippen LogP contribution in [0.15, 0.2) is 61.2 Å². The Hall–Kier alpha value is -2.02. The van der Waals surface area contributed by atoms with Gasteiger partial charge in [0.1, 0.15) is 0 Å². The topological polar surface area (TPSA) is 12.0 Å². The maximum absolute atomic E-state index is 4.10. The van der Waals surface area contributed by atoms with E-state index in [-0.39, 0.29) is 0 Å². The predicted octanol–water partition coefficient (Wildman–Crippen LogP) is 4.12. The largest absolute Gasteiger partial charge is 0.381 e. The first-order valence-corrected chi connectivity index (χ1v) is 5.79. The van der Waals surface area contributed by atoms with E-state index in [1.807, 2.05) is 18.2 Å². The predicted molar refractivity (Wildman–Crippen MR) is 75.1 cm³/mol. The third-order valence-corrected chi connectivity index (χ3v) is 2.74. The van der Waals surface area contributed by atoms with Crippen molar-refractivity contribution < 1.29 is 0 Å². The summed E-state index contributed by atoms with van der Waals surface area (Å²) in [6.45, 7) is 6.96. The summed E-state index contributed by atoms with van der Waals surface area (Å²) in [7, 11) is 0. The molecule has 0 unspecified atom stereocenters. The second kappa shape index (κ2) is 5.35. The summed E-state index contributed by atoms with van der Waals surface area (Å²) in [4.78, 5) is 0. The molecule has 0 aliphatic rings. The first-order chi connectivity index (χ1) is 8.25. The SMILES string of the molecule is C=C(CNc1ccc(C)cc1)c1ccccc1. The van der Waals surface area contributed by atoms with Crippen molar-refractivity contribution in [2.75, 3.05) is 11.9 Å². The molecule has 0 spiro atoms. The molecule has 0 aliphatic heterocycles. The van der Waals surface area contributed by atoms with Gasteiger partial charge in [-0.25, -0.2) is 0 Å². The molecule has 0 radical (unpaired) electrons. The molecule has 0 aromatic heterocycles. The van der Waals surface area contributed by atoms with E-state index in [1.54, 1.807) is 0 Å². The van der Waals surface area contributed by atoms with Crippen molar-refractivity contribution in [3.05, 3.63) is 72.3 Å². The zero-order valence-corrected chi connectivity index (χ0v) is 10.1. The molecule has 0 saturated carbocycles. The summed E-state index contributed by atoms with van der Waals surface area (Å²) >= 11 is 0. The molecule has 0 heterocycles. The highest BCUT2D eigenvalue weighted by molar-refractivity contribution is 5.67. The monoisotopic (exact) mass is 223 g/mol. The Morgan fingerprint density at radius 2 is 1.65 bits per heavy atom. The quantitative estimate of drug-likeness (QED) is 0.822. The van der Waals surface area contributed by atoms with Crippen molar-refractivity contribution in [1.82, 2.24) is 0 Å². The van der Waals surface area contributed by atoms with Gasteiger partial charge in [0.15, 0.2) is 0 Å². The summed E-state index contributed by atoms with van der Waals surface area (Å²) in [6.07, 6.45) is 0. The zero-order chi connectivity index (χ0) is 12.1. The van der Waals surface area contributed by atoms with E-state index in [9.17, 15) is 0 Å². The van der Waals surface area contributed by atoms with Gasteiger partial charge in [0.05, 0.1) is 0 Å². The molecule has 2 rings (SSSR count). The van der Waals surface area contributed by atoms with Crippen LogP contribution < -0.4 is 5.32 Å². The minimum Gasteiger partial charge on any atom is -0.381 e. The average Bonchev–Trinajstić information content (AvgIpc) is 2.39. The number of aryl methyl sites for hydroxylation is 1. The van der Waals surface area contributed by atoms with E-state index in [0.717, 1.165) is 17.8 Å². The first-order valence-electron chi connectivity index (χ1n) is 5.79. The lowest BCUT2D eigenvalue weighted by Crippen LogP contribution is -2.03. The van der Waals surface area contributed by atoms with Crippen LogP contribution in [0.2, 0.25) is 0 Å². The second-order valence-electron chi connectivity index (χ2n) is 4.19. The fourth-order valence-corrected chi connectivity index (χ4v) is 1.66. The van der Waals surface area contributed by atoms with Crippen molar-refractivity contribution >= 4 is 11.3 Å². The number of nitrogens with one attached hydrogen (secondary N) is 1. The second-order valence-corrected chi connectivity index (χ2v) is 4.19. The fraction of sp³-hybridized carbons (Fsp3) is 0.125. The molecule has 1 nitrogen and oxygen atoms in total. The van der Waals surface area contributed by atoms with Gasteiger partial charge < -0.3 is 5.32 Å². The third kappa shape index (κ3) is 3.22. The van der Waals surface area contributed by atoms with Gasteiger partial charge >= 0.3 is 0 Å². The lowest BCUT2D eigenvalue weighted by molar-refractivity contribution is 1.33. The van der Waals surface area contributed by atoms with Gasteiger partial charge in [0.25, 0.3) is 0 Å². The summed E-state index contributed by atoms with van der Waals surface area (Å²) in [5, 5.41) is 3.37. The lowest BCUT2D eigenvalue weighted by Gasteiger charge is -2.09. The van der Waals surface area contributed by atoms with Crippen LogP contribution in [0.4, 0.5) is 5.69 Å². The Morgan fingerprint density at radius 3 is 2.29 bits per heavy atom. The molecule has 1 N–H and O–H groups in total. The molecule has 0 amide bonds. The van der Waals surface area contributed by atoms with Crippen LogP contribution in [0.5, 0.6) is 0 Å². The highest BCUT2D eigenvalue weighted by Gasteiger charge is 1.97. The normalized spacial score (nSPS) is 9.94. The number of hydrogen-bond acceptors (Lipinski definition) is 1. The standard InChI is InChI=1S/C16H17N/c1-13-8-10-16(11-9-13)17-12-14(2)15-6-4-3-5-7-15/h3-11,17H,2,12H2,1H3. The van der Waals surface area contributed by atoms with Crippen LogP contribution in [-0.2, 0) is 0 Å². The van der Waals surface area contributed by atoms with Gasteiger partial charge in [0.2, 0.25) is 0 Å². The molecule has 2 aromatic carbocycles. The van der Waals surface area contributed by atoms with E-state index in [2.05, 4.69) is 55.2 Å². The van der Waals surface area contributed by atoms with Crippen LogP contribution >= 0.6 is 0 Å². The maximum atomic E-state index is 4.10. The first kappa shape index (κ1) is 11.5. The molecule has 0 saturated heterocycles. The van der Waals surface area contributed by atoms with E-state index < -0.39 is 0 Å². The molecule has 0 aliphatic carbocycles. The molecule has 1 heteroatoms. The Labute approximate surface area is 103 Å². The maximum Gasteiger partial charge on any atom is 0.0400 e. The number of rotatable bonds is 4. The van der Waals surface area contributed by atoms with E-state index in [4.69, 9.17) is 0 Å². The summed E-state index contributed by atoms with van der Waals surface area (Å²) in [5.41, 5.74) is 4.70. The van der Waals surface area contributed by atoms with Crippen LogP contribution in [0, 0.1) is 6.92 Å².